The monoisotopic (exact) mass is 334 g/mol. The summed E-state index contributed by atoms with van der Waals surface area (Å²) in [5, 5.41) is 9.94. The smallest absolute Gasteiger partial charge is 0.335 e. The summed E-state index contributed by atoms with van der Waals surface area (Å²) in [5.41, 5.74) is 2.44. The van der Waals surface area contributed by atoms with Crippen LogP contribution in [0.2, 0.25) is 0 Å². The molecule has 1 fully saturated rings. The Morgan fingerprint density at radius 3 is 2.70 bits per heavy atom. The van der Waals surface area contributed by atoms with E-state index >= 15 is 0 Å². The Hall–Kier alpha value is -2.15. The number of anilines is 1. The summed E-state index contributed by atoms with van der Waals surface area (Å²) in [7, 11) is -1.09. The average molecular weight is 334 g/mol. The van der Waals surface area contributed by atoms with Crippen LogP contribution < -0.4 is 4.90 Å². The Balaban J connectivity index is 2.08. The van der Waals surface area contributed by atoms with Crippen LogP contribution in [0.4, 0.5) is 5.69 Å². The second-order valence-corrected chi connectivity index (χ2v) is 8.22. The molecule has 0 aliphatic carbocycles. The van der Waals surface area contributed by atoms with Crippen molar-refractivity contribution < 1.29 is 18.3 Å². The van der Waals surface area contributed by atoms with Crippen LogP contribution in [0.25, 0.3) is 10.9 Å². The fourth-order valence-corrected chi connectivity index (χ4v) is 4.82. The van der Waals surface area contributed by atoms with Crippen molar-refractivity contribution in [3.05, 3.63) is 35.5 Å². The molecule has 1 N–H and O–H groups in total. The van der Waals surface area contributed by atoms with Crippen LogP contribution in [0.5, 0.6) is 0 Å². The molecule has 0 amide bonds. The molecule has 0 radical (unpaired) electrons. The number of aromatic nitrogens is 1. The quantitative estimate of drug-likeness (QED) is 0.922. The lowest BCUT2D eigenvalue weighted by molar-refractivity contribution is 0.0697. The minimum absolute atomic E-state index is 0.0656. The van der Waals surface area contributed by atoms with Gasteiger partial charge in [0.2, 0.25) is 0 Å². The highest BCUT2D eigenvalue weighted by molar-refractivity contribution is 7.91. The van der Waals surface area contributed by atoms with Crippen molar-refractivity contribution in [1.29, 1.82) is 0 Å². The molecule has 1 aromatic carbocycles. The SMILES string of the molecule is Cc1cc(N(C)[C@H]2CCS(=O)(=O)C2)c2ccc(C(=O)O)cc2n1. The first-order valence-corrected chi connectivity index (χ1v) is 9.17. The topological polar surface area (TPSA) is 87.6 Å². The van der Waals surface area contributed by atoms with Gasteiger partial charge in [0.25, 0.3) is 0 Å². The van der Waals surface area contributed by atoms with Crippen LogP contribution in [0, 0.1) is 6.92 Å². The number of nitrogens with zero attached hydrogens (tertiary/aromatic N) is 2. The molecule has 3 rings (SSSR count). The highest BCUT2D eigenvalue weighted by atomic mass is 32.2. The molecule has 0 unspecified atom stereocenters. The number of benzene rings is 1. The zero-order valence-corrected chi connectivity index (χ0v) is 13.8. The van der Waals surface area contributed by atoms with E-state index in [9.17, 15) is 13.2 Å². The Labute approximate surface area is 134 Å². The molecule has 0 spiro atoms. The number of hydrogen-bond donors (Lipinski definition) is 1. The highest BCUT2D eigenvalue weighted by Gasteiger charge is 2.31. The lowest BCUT2D eigenvalue weighted by atomic mass is 10.1. The molecule has 7 heteroatoms. The van der Waals surface area contributed by atoms with Gasteiger partial charge in [0.05, 0.1) is 22.6 Å². The van der Waals surface area contributed by atoms with Gasteiger partial charge in [-0.1, -0.05) is 0 Å². The number of aromatic carboxylic acids is 1. The Morgan fingerprint density at radius 1 is 1.35 bits per heavy atom. The number of hydrogen-bond acceptors (Lipinski definition) is 5. The Morgan fingerprint density at radius 2 is 2.09 bits per heavy atom. The summed E-state index contributed by atoms with van der Waals surface area (Å²) in [6, 6.07) is 6.68. The van der Waals surface area contributed by atoms with Gasteiger partial charge in [0.1, 0.15) is 0 Å². The molecule has 1 atom stereocenters. The standard InChI is InChI=1S/C16H18N2O4S/c1-10-7-15(18(2)12-5-6-23(21,22)9-12)13-4-3-11(16(19)20)8-14(13)17-10/h3-4,7-8,12H,5-6,9H2,1-2H3,(H,19,20)/t12-/m0/s1. The van der Waals surface area contributed by atoms with E-state index in [0.29, 0.717) is 11.9 Å². The van der Waals surface area contributed by atoms with Crippen LogP contribution in [0.1, 0.15) is 22.5 Å². The molecular formula is C16H18N2O4S. The van der Waals surface area contributed by atoms with Gasteiger partial charge in [-0.15, -0.1) is 0 Å². The van der Waals surface area contributed by atoms with E-state index in [1.54, 1.807) is 18.2 Å². The van der Waals surface area contributed by atoms with Crippen LogP contribution in [0.3, 0.4) is 0 Å². The zero-order valence-electron chi connectivity index (χ0n) is 13.0. The van der Waals surface area contributed by atoms with E-state index < -0.39 is 15.8 Å². The molecule has 2 aromatic rings. The molecule has 1 aromatic heterocycles. The maximum atomic E-state index is 11.7. The number of carboxylic acids is 1. The van der Waals surface area contributed by atoms with E-state index in [-0.39, 0.29) is 23.1 Å². The minimum Gasteiger partial charge on any atom is -0.478 e. The highest BCUT2D eigenvalue weighted by Crippen LogP contribution is 2.30. The summed E-state index contributed by atoms with van der Waals surface area (Å²) in [5.74, 6) is -0.626. The van der Waals surface area contributed by atoms with Gasteiger partial charge in [0, 0.05) is 29.9 Å². The average Bonchev–Trinajstić information content (AvgIpc) is 2.85. The second-order valence-electron chi connectivity index (χ2n) is 5.99. The molecule has 1 saturated heterocycles. The summed E-state index contributed by atoms with van der Waals surface area (Å²) in [6.45, 7) is 1.84. The lowest BCUT2D eigenvalue weighted by Crippen LogP contribution is -2.32. The fourth-order valence-electron chi connectivity index (χ4n) is 3.04. The van der Waals surface area contributed by atoms with Crippen molar-refractivity contribution in [3.8, 4) is 0 Å². The van der Waals surface area contributed by atoms with Crippen LogP contribution in [-0.2, 0) is 9.84 Å². The first-order chi connectivity index (χ1) is 10.8. The normalized spacial score (nSPS) is 19.8. The van der Waals surface area contributed by atoms with Crippen LogP contribution in [0.15, 0.2) is 24.3 Å². The second kappa shape index (κ2) is 5.49. The van der Waals surface area contributed by atoms with Gasteiger partial charge in [-0.3, -0.25) is 4.98 Å². The molecule has 23 heavy (non-hydrogen) atoms. The fraction of sp³-hybridized carbons (Fsp3) is 0.375. The third-order valence-corrected chi connectivity index (χ3v) is 6.05. The number of sulfone groups is 1. The molecule has 1 aliphatic rings. The van der Waals surface area contributed by atoms with E-state index in [4.69, 9.17) is 5.11 Å². The van der Waals surface area contributed by atoms with Crippen molar-refractivity contribution in [1.82, 2.24) is 4.98 Å². The summed E-state index contributed by atoms with van der Waals surface area (Å²) in [4.78, 5) is 17.5. The van der Waals surface area contributed by atoms with Gasteiger partial charge in [-0.25, -0.2) is 13.2 Å². The van der Waals surface area contributed by atoms with Crippen molar-refractivity contribution in [2.75, 3.05) is 23.5 Å². The van der Waals surface area contributed by atoms with Crippen molar-refractivity contribution in [2.45, 2.75) is 19.4 Å². The van der Waals surface area contributed by atoms with Crippen molar-refractivity contribution in [3.63, 3.8) is 0 Å². The molecule has 6 nitrogen and oxygen atoms in total. The predicted molar refractivity (Wildman–Crippen MR) is 88.9 cm³/mol. The van der Waals surface area contributed by atoms with E-state index in [2.05, 4.69) is 4.98 Å². The number of carbonyl (C=O) groups is 1. The first kappa shape index (κ1) is 15.7. The maximum Gasteiger partial charge on any atom is 0.335 e. The van der Waals surface area contributed by atoms with Crippen molar-refractivity contribution in [2.24, 2.45) is 0 Å². The summed E-state index contributed by atoms with van der Waals surface area (Å²) < 4.78 is 23.4. The van der Waals surface area contributed by atoms with E-state index in [1.165, 1.54) is 0 Å². The van der Waals surface area contributed by atoms with Crippen LogP contribution in [-0.4, -0.2) is 49.1 Å². The number of pyridine rings is 1. The summed E-state index contributed by atoms with van der Waals surface area (Å²) in [6.07, 6.45) is 0.606. The van der Waals surface area contributed by atoms with Gasteiger partial charge in [0.15, 0.2) is 9.84 Å². The number of aryl methyl sites for hydroxylation is 1. The molecule has 0 saturated carbocycles. The Kier molecular flexibility index (Phi) is 3.75. The van der Waals surface area contributed by atoms with Gasteiger partial charge < -0.3 is 10.0 Å². The minimum atomic E-state index is -2.96. The third kappa shape index (κ3) is 3.01. The summed E-state index contributed by atoms with van der Waals surface area (Å²) >= 11 is 0. The first-order valence-electron chi connectivity index (χ1n) is 7.35. The van der Waals surface area contributed by atoms with Gasteiger partial charge in [-0.05, 0) is 37.6 Å². The molecular weight excluding hydrogens is 316 g/mol. The number of fused-ring (bicyclic) bond motifs is 1. The molecule has 122 valence electrons. The molecule has 1 aliphatic heterocycles. The predicted octanol–water partition coefficient (Wildman–Crippen LogP) is 1.86. The zero-order chi connectivity index (χ0) is 16.8. The third-order valence-electron chi connectivity index (χ3n) is 4.30. The van der Waals surface area contributed by atoms with E-state index in [0.717, 1.165) is 16.8 Å². The number of rotatable bonds is 3. The maximum absolute atomic E-state index is 11.7. The van der Waals surface area contributed by atoms with Gasteiger partial charge >= 0.3 is 5.97 Å². The van der Waals surface area contributed by atoms with Gasteiger partial charge in [-0.2, -0.15) is 0 Å². The molecule has 2 heterocycles. The van der Waals surface area contributed by atoms with E-state index in [1.807, 2.05) is 24.9 Å². The van der Waals surface area contributed by atoms with Crippen molar-refractivity contribution >= 4 is 32.4 Å². The molecule has 0 bridgehead atoms. The van der Waals surface area contributed by atoms with Crippen LogP contribution >= 0.6 is 0 Å². The number of carboxylic acid groups (broad SMARTS) is 1. The lowest BCUT2D eigenvalue weighted by Gasteiger charge is -2.27. The Bertz CT molecular complexity index is 892. The largest absolute Gasteiger partial charge is 0.478 e.